The van der Waals surface area contributed by atoms with E-state index in [1.807, 2.05) is 20.8 Å². The summed E-state index contributed by atoms with van der Waals surface area (Å²) in [5.41, 5.74) is 6.04. The Bertz CT molecular complexity index is 602. The fourth-order valence-electron chi connectivity index (χ4n) is 2.33. The highest BCUT2D eigenvalue weighted by atomic mass is 19.1. The number of nitrogens with zero attached hydrogens (tertiary/aromatic N) is 2. The minimum Gasteiger partial charge on any atom is -0.337 e. The van der Waals surface area contributed by atoms with Crippen LogP contribution in [0.2, 0.25) is 0 Å². The van der Waals surface area contributed by atoms with Crippen LogP contribution in [0.3, 0.4) is 0 Å². The van der Waals surface area contributed by atoms with E-state index in [1.165, 1.54) is 12.1 Å². The molecule has 0 saturated carbocycles. The summed E-state index contributed by atoms with van der Waals surface area (Å²) < 4.78 is 18.4. The first-order chi connectivity index (χ1) is 9.77. The van der Waals surface area contributed by atoms with Crippen molar-refractivity contribution in [3.05, 3.63) is 47.4 Å². The Hall–Kier alpha value is -1.75. The molecule has 0 aliphatic rings. The molecule has 114 valence electrons. The summed E-state index contributed by atoms with van der Waals surface area (Å²) in [6.45, 7) is 7.90. The van der Waals surface area contributed by atoms with Gasteiger partial charge in [-0.15, -0.1) is 0 Å². The Morgan fingerprint density at radius 1 is 1.19 bits per heavy atom. The quantitative estimate of drug-likeness (QED) is 0.915. The molecule has 2 aromatic rings. The van der Waals surface area contributed by atoms with E-state index in [-0.39, 0.29) is 5.82 Å². The molecule has 0 spiro atoms. The maximum Gasteiger partial charge on any atom is 0.246 e. The van der Waals surface area contributed by atoms with Crippen molar-refractivity contribution in [2.24, 2.45) is 5.73 Å². The summed E-state index contributed by atoms with van der Waals surface area (Å²) in [6.07, 6.45) is 1.71. The lowest BCUT2D eigenvalue weighted by Crippen LogP contribution is -2.33. The third-order valence-electron chi connectivity index (χ3n) is 3.81. The highest BCUT2D eigenvalue weighted by Gasteiger charge is 2.33. The summed E-state index contributed by atoms with van der Waals surface area (Å²) in [6, 6.07) is 6.34. The second-order valence-electron chi connectivity index (χ2n) is 6.22. The number of hydrogen-bond acceptors (Lipinski definition) is 4. The van der Waals surface area contributed by atoms with E-state index in [9.17, 15) is 4.39 Å². The van der Waals surface area contributed by atoms with Gasteiger partial charge in [-0.25, -0.2) is 4.39 Å². The van der Waals surface area contributed by atoms with E-state index in [0.717, 1.165) is 18.4 Å². The predicted octanol–water partition coefficient (Wildman–Crippen LogP) is 3.51. The zero-order chi connectivity index (χ0) is 15.7. The minimum absolute atomic E-state index is 0.263. The molecule has 0 aliphatic carbocycles. The molecule has 1 heterocycles. The fourth-order valence-corrected chi connectivity index (χ4v) is 2.33. The van der Waals surface area contributed by atoms with Crippen LogP contribution in [0.4, 0.5) is 4.39 Å². The molecule has 0 saturated heterocycles. The maximum absolute atomic E-state index is 13.1. The second-order valence-corrected chi connectivity index (χ2v) is 6.22. The van der Waals surface area contributed by atoms with E-state index < -0.39 is 11.0 Å². The number of benzene rings is 1. The zero-order valence-corrected chi connectivity index (χ0v) is 13.0. The van der Waals surface area contributed by atoms with Gasteiger partial charge in [0.1, 0.15) is 5.82 Å². The van der Waals surface area contributed by atoms with E-state index in [4.69, 9.17) is 10.3 Å². The van der Waals surface area contributed by atoms with Gasteiger partial charge < -0.3 is 10.3 Å². The van der Waals surface area contributed by atoms with Crippen LogP contribution in [0.15, 0.2) is 28.8 Å². The van der Waals surface area contributed by atoms with Gasteiger partial charge in [0.25, 0.3) is 0 Å². The summed E-state index contributed by atoms with van der Waals surface area (Å²) in [5, 5.41) is 4.08. The largest absolute Gasteiger partial charge is 0.337 e. The van der Waals surface area contributed by atoms with Gasteiger partial charge in [-0.1, -0.05) is 30.6 Å². The zero-order valence-electron chi connectivity index (χ0n) is 13.0. The van der Waals surface area contributed by atoms with Crippen molar-refractivity contribution < 1.29 is 8.91 Å². The first-order valence-corrected chi connectivity index (χ1v) is 7.17. The van der Waals surface area contributed by atoms with Crippen LogP contribution in [-0.4, -0.2) is 10.1 Å². The maximum atomic E-state index is 13.1. The number of halogens is 1. The molecule has 1 unspecified atom stereocenters. The number of aromatic nitrogens is 2. The molecule has 1 atom stereocenters. The molecule has 4 nitrogen and oxygen atoms in total. The molecule has 0 aliphatic heterocycles. The van der Waals surface area contributed by atoms with E-state index in [1.54, 1.807) is 12.1 Å². The van der Waals surface area contributed by atoms with Crippen molar-refractivity contribution in [2.75, 3.05) is 0 Å². The first kappa shape index (κ1) is 15.6. The van der Waals surface area contributed by atoms with Crippen molar-refractivity contribution in [1.82, 2.24) is 10.1 Å². The van der Waals surface area contributed by atoms with Gasteiger partial charge in [0.2, 0.25) is 5.89 Å². The molecule has 0 bridgehead atoms. The molecule has 1 aromatic carbocycles. The Balaban J connectivity index is 2.33. The average molecular weight is 291 g/mol. The summed E-state index contributed by atoms with van der Waals surface area (Å²) in [7, 11) is 0. The van der Waals surface area contributed by atoms with Crippen LogP contribution in [-0.2, 0) is 11.0 Å². The highest BCUT2D eigenvalue weighted by molar-refractivity contribution is 5.30. The van der Waals surface area contributed by atoms with E-state index >= 15 is 0 Å². The van der Waals surface area contributed by atoms with Gasteiger partial charge in [0.15, 0.2) is 5.82 Å². The number of rotatable bonds is 5. The van der Waals surface area contributed by atoms with Crippen LogP contribution < -0.4 is 5.73 Å². The Labute approximate surface area is 124 Å². The van der Waals surface area contributed by atoms with Crippen molar-refractivity contribution >= 4 is 0 Å². The highest BCUT2D eigenvalue weighted by Crippen LogP contribution is 2.31. The third-order valence-corrected chi connectivity index (χ3v) is 3.81. The monoisotopic (exact) mass is 291 g/mol. The Kier molecular flexibility index (Phi) is 4.14. The molecule has 5 heteroatoms. The van der Waals surface area contributed by atoms with Crippen LogP contribution >= 0.6 is 0 Å². The minimum atomic E-state index is -0.626. The summed E-state index contributed by atoms with van der Waals surface area (Å²) in [5.74, 6) is 0.729. The Morgan fingerprint density at radius 3 is 2.38 bits per heavy atom. The average Bonchev–Trinajstić information content (AvgIpc) is 2.90. The Morgan fingerprint density at radius 2 is 1.81 bits per heavy atom. The lowest BCUT2D eigenvalue weighted by Gasteiger charge is -2.21. The standard InChI is InChI=1S/C16H22FN3O/c1-5-10-16(4,18)14-19-13(20-21-14)15(2,3)11-6-8-12(17)9-7-11/h6-9H,5,10,18H2,1-4H3. The lowest BCUT2D eigenvalue weighted by atomic mass is 9.84. The first-order valence-electron chi connectivity index (χ1n) is 7.17. The van der Waals surface area contributed by atoms with Crippen molar-refractivity contribution in [2.45, 2.75) is 51.5 Å². The molecular weight excluding hydrogens is 269 g/mol. The third kappa shape index (κ3) is 3.13. The smallest absolute Gasteiger partial charge is 0.246 e. The van der Waals surface area contributed by atoms with Crippen molar-refractivity contribution in [1.29, 1.82) is 0 Å². The lowest BCUT2D eigenvalue weighted by molar-refractivity contribution is 0.281. The fraction of sp³-hybridized carbons (Fsp3) is 0.500. The summed E-state index contributed by atoms with van der Waals surface area (Å²) >= 11 is 0. The van der Waals surface area contributed by atoms with E-state index in [0.29, 0.717) is 11.7 Å². The van der Waals surface area contributed by atoms with Crippen LogP contribution in [0.25, 0.3) is 0 Å². The van der Waals surface area contributed by atoms with Crippen LogP contribution in [0, 0.1) is 5.82 Å². The SMILES string of the molecule is CCCC(C)(N)c1nc(C(C)(C)c2ccc(F)cc2)no1. The van der Waals surface area contributed by atoms with Gasteiger partial charge in [-0.2, -0.15) is 4.98 Å². The number of hydrogen-bond donors (Lipinski definition) is 1. The molecule has 1 aromatic heterocycles. The van der Waals surface area contributed by atoms with Gasteiger partial charge in [0.05, 0.1) is 11.0 Å². The van der Waals surface area contributed by atoms with Crippen molar-refractivity contribution in [3.8, 4) is 0 Å². The molecular formula is C16H22FN3O. The van der Waals surface area contributed by atoms with Gasteiger partial charge >= 0.3 is 0 Å². The normalized spacial score (nSPS) is 15.0. The second kappa shape index (κ2) is 5.56. The topological polar surface area (TPSA) is 64.9 Å². The van der Waals surface area contributed by atoms with Gasteiger partial charge in [-0.05, 0) is 44.9 Å². The van der Waals surface area contributed by atoms with E-state index in [2.05, 4.69) is 17.1 Å². The predicted molar refractivity (Wildman–Crippen MR) is 79.3 cm³/mol. The molecule has 0 amide bonds. The van der Waals surface area contributed by atoms with Crippen LogP contribution in [0.1, 0.15) is 57.8 Å². The van der Waals surface area contributed by atoms with Gasteiger partial charge in [-0.3, -0.25) is 0 Å². The summed E-state index contributed by atoms with van der Waals surface area (Å²) in [4.78, 5) is 4.47. The van der Waals surface area contributed by atoms with Crippen molar-refractivity contribution in [3.63, 3.8) is 0 Å². The molecule has 0 fully saturated rings. The van der Waals surface area contributed by atoms with Gasteiger partial charge in [0, 0.05) is 0 Å². The molecule has 2 N–H and O–H groups in total. The molecule has 2 rings (SSSR count). The van der Waals surface area contributed by atoms with Crippen LogP contribution in [0.5, 0.6) is 0 Å². The number of nitrogens with two attached hydrogens (primary N) is 1. The molecule has 21 heavy (non-hydrogen) atoms. The molecule has 0 radical (unpaired) electrons.